The molecular formula is C9H6ClN3O3. The predicted molar refractivity (Wildman–Crippen MR) is 58.5 cm³/mol. The molecule has 3 N–H and O–H groups in total. The van der Waals surface area contributed by atoms with Gasteiger partial charge in [0.1, 0.15) is 0 Å². The van der Waals surface area contributed by atoms with Gasteiger partial charge >= 0.3 is 5.69 Å². The molecule has 16 heavy (non-hydrogen) atoms. The van der Waals surface area contributed by atoms with Crippen molar-refractivity contribution < 1.29 is 9.72 Å². The molecule has 1 aromatic carbocycles. The van der Waals surface area contributed by atoms with Gasteiger partial charge in [-0.05, 0) is 18.2 Å². The molecule has 1 heterocycles. The SMILES string of the molecule is NC(=O)c1[nH]c2ccc(Cl)cc2c1[N+](=O)[O-]. The van der Waals surface area contributed by atoms with Gasteiger partial charge < -0.3 is 10.7 Å². The molecule has 1 amide bonds. The average Bonchev–Trinajstić information content (AvgIpc) is 2.55. The molecule has 0 aliphatic rings. The number of halogens is 1. The van der Waals surface area contributed by atoms with Crippen molar-refractivity contribution in [3.63, 3.8) is 0 Å². The van der Waals surface area contributed by atoms with Crippen LogP contribution in [-0.4, -0.2) is 15.8 Å². The first-order chi connectivity index (χ1) is 7.50. The molecule has 0 aliphatic carbocycles. The minimum atomic E-state index is -0.876. The first kappa shape index (κ1) is 10.4. The molecule has 0 unspecified atom stereocenters. The lowest BCUT2D eigenvalue weighted by Crippen LogP contribution is -2.13. The van der Waals surface area contributed by atoms with Gasteiger partial charge in [0, 0.05) is 5.02 Å². The molecule has 0 atom stereocenters. The van der Waals surface area contributed by atoms with Crippen LogP contribution < -0.4 is 5.73 Å². The van der Waals surface area contributed by atoms with Gasteiger partial charge in [0.05, 0.1) is 15.8 Å². The Morgan fingerprint density at radius 2 is 2.19 bits per heavy atom. The maximum absolute atomic E-state index is 11.0. The summed E-state index contributed by atoms with van der Waals surface area (Å²) in [5, 5.41) is 11.5. The summed E-state index contributed by atoms with van der Waals surface area (Å²) < 4.78 is 0. The van der Waals surface area contributed by atoms with Crippen LogP contribution >= 0.6 is 11.6 Å². The van der Waals surface area contributed by atoms with E-state index in [-0.39, 0.29) is 16.8 Å². The third kappa shape index (κ3) is 1.49. The van der Waals surface area contributed by atoms with Crippen molar-refractivity contribution in [2.24, 2.45) is 5.73 Å². The van der Waals surface area contributed by atoms with E-state index < -0.39 is 10.8 Å². The number of aromatic amines is 1. The van der Waals surface area contributed by atoms with Crippen LogP contribution in [0.25, 0.3) is 10.9 Å². The predicted octanol–water partition coefficient (Wildman–Crippen LogP) is 1.83. The number of nitrogens with zero attached hydrogens (tertiary/aromatic N) is 1. The second-order valence-corrected chi connectivity index (χ2v) is 3.60. The number of rotatable bonds is 2. The molecule has 0 radical (unpaired) electrons. The zero-order valence-corrected chi connectivity index (χ0v) is 8.62. The van der Waals surface area contributed by atoms with Crippen LogP contribution in [0.1, 0.15) is 10.5 Å². The minimum Gasteiger partial charge on any atom is -0.364 e. The van der Waals surface area contributed by atoms with Crippen LogP contribution in [0.2, 0.25) is 5.02 Å². The zero-order chi connectivity index (χ0) is 11.9. The van der Waals surface area contributed by atoms with E-state index in [1.54, 1.807) is 12.1 Å². The quantitative estimate of drug-likeness (QED) is 0.617. The monoisotopic (exact) mass is 239 g/mol. The zero-order valence-electron chi connectivity index (χ0n) is 7.86. The number of H-pyrrole nitrogens is 1. The van der Waals surface area contributed by atoms with Crippen molar-refractivity contribution in [3.8, 4) is 0 Å². The Labute approximate surface area is 94.1 Å². The van der Waals surface area contributed by atoms with Crippen molar-refractivity contribution in [1.82, 2.24) is 4.98 Å². The summed E-state index contributed by atoms with van der Waals surface area (Å²) in [6.45, 7) is 0. The third-order valence-corrected chi connectivity index (χ3v) is 2.40. The summed E-state index contributed by atoms with van der Waals surface area (Å²) in [7, 11) is 0. The van der Waals surface area contributed by atoms with Crippen LogP contribution in [0.15, 0.2) is 18.2 Å². The summed E-state index contributed by atoms with van der Waals surface area (Å²) in [6.07, 6.45) is 0. The first-order valence-corrected chi connectivity index (χ1v) is 4.64. The molecule has 0 saturated heterocycles. The molecule has 0 fully saturated rings. The average molecular weight is 240 g/mol. The fourth-order valence-corrected chi connectivity index (χ4v) is 1.69. The number of hydrogen-bond acceptors (Lipinski definition) is 3. The van der Waals surface area contributed by atoms with Crippen LogP contribution in [0, 0.1) is 10.1 Å². The van der Waals surface area contributed by atoms with Gasteiger partial charge in [-0.2, -0.15) is 0 Å². The standard InChI is InChI=1S/C9H6ClN3O3/c10-4-1-2-6-5(3-4)8(13(15)16)7(12-6)9(11)14/h1-3,12H,(H2,11,14). The normalized spacial score (nSPS) is 10.6. The Hall–Kier alpha value is -2.08. The van der Waals surface area contributed by atoms with Crippen LogP contribution in [0.4, 0.5) is 5.69 Å². The lowest BCUT2D eigenvalue weighted by molar-refractivity contribution is -0.383. The van der Waals surface area contributed by atoms with Gasteiger partial charge in [-0.3, -0.25) is 14.9 Å². The Kier molecular flexibility index (Phi) is 2.28. The van der Waals surface area contributed by atoms with Gasteiger partial charge in [0.15, 0.2) is 5.69 Å². The molecular weight excluding hydrogens is 234 g/mol. The molecule has 0 spiro atoms. The number of carbonyl (C=O) groups is 1. The van der Waals surface area contributed by atoms with Crippen LogP contribution in [0.5, 0.6) is 0 Å². The van der Waals surface area contributed by atoms with Crippen molar-refractivity contribution in [3.05, 3.63) is 39.0 Å². The summed E-state index contributed by atoms with van der Waals surface area (Å²) in [5.41, 5.74) is 4.93. The maximum Gasteiger partial charge on any atom is 0.307 e. The Bertz CT molecular complexity index is 605. The highest BCUT2D eigenvalue weighted by atomic mass is 35.5. The molecule has 1 aromatic heterocycles. The van der Waals surface area contributed by atoms with Crippen molar-refractivity contribution in [2.45, 2.75) is 0 Å². The number of nitro groups is 1. The number of primary amides is 1. The van der Waals surface area contributed by atoms with E-state index >= 15 is 0 Å². The van der Waals surface area contributed by atoms with E-state index in [1.807, 2.05) is 0 Å². The highest BCUT2D eigenvalue weighted by Crippen LogP contribution is 2.31. The maximum atomic E-state index is 11.0. The summed E-state index contributed by atoms with van der Waals surface area (Å²) in [6, 6.07) is 4.53. The van der Waals surface area contributed by atoms with Crippen molar-refractivity contribution in [1.29, 1.82) is 0 Å². The van der Waals surface area contributed by atoms with Gasteiger partial charge in [-0.15, -0.1) is 0 Å². The smallest absolute Gasteiger partial charge is 0.307 e. The first-order valence-electron chi connectivity index (χ1n) is 4.26. The van der Waals surface area contributed by atoms with E-state index in [9.17, 15) is 14.9 Å². The molecule has 0 bridgehead atoms. The van der Waals surface area contributed by atoms with Gasteiger partial charge in [-0.25, -0.2) is 0 Å². The van der Waals surface area contributed by atoms with Crippen LogP contribution in [0.3, 0.4) is 0 Å². The lowest BCUT2D eigenvalue weighted by atomic mass is 10.2. The largest absolute Gasteiger partial charge is 0.364 e. The fraction of sp³-hybridized carbons (Fsp3) is 0. The second-order valence-electron chi connectivity index (χ2n) is 3.16. The minimum absolute atomic E-state index is 0.220. The van der Waals surface area contributed by atoms with Gasteiger partial charge in [0.25, 0.3) is 5.91 Å². The number of aromatic nitrogens is 1. The van der Waals surface area contributed by atoms with Crippen molar-refractivity contribution >= 4 is 34.1 Å². The summed E-state index contributed by atoms with van der Waals surface area (Å²) >= 11 is 5.73. The number of hydrogen-bond donors (Lipinski definition) is 2. The molecule has 0 saturated carbocycles. The molecule has 2 rings (SSSR count). The third-order valence-electron chi connectivity index (χ3n) is 2.16. The number of carbonyl (C=O) groups excluding carboxylic acids is 1. The summed E-state index contributed by atoms with van der Waals surface area (Å²) in [5.74, 6) is -0.876. The summed E-state index contributed by atoms with van der Waals surface area (Å²) in [4.78, 5) is 23.8. The second kappa shape index (κ2) is 3.49. The number of fused-ring (bicyclic) bond motifs is 1. The molecule has 0 aliphatic heterocycles. The number of benzene rings is 1. The van der Waals surface area contributed by atoms with Gasteiger partial charge in [0.2, 0.25) is 0 Å². The van der Waals surface area contributed by atoms with E-state index in [0.717, 1.165) is 0 Å². The highest BCUT2D eigenvalue weighted by molar-refractivity contribution is 6.31. The number of nitrogens with one attached hydrogen (secondary N) is 1. The molecule has 6 nitrogen and oxygen atoms in total. The number of amides is 1. The van der Waals surface area contributed by atoms with E-state index in [2.05, 4.69) is 4.98 Å². The van der Waals surface area contributed by atoms with E-state index in [1.165, 1.54) is 6.07 Å². The number of nitrogens with two attached hydrogens (primary N) is 1. The van der Waals surface area contributed by atoms with Gasteiger partial charge in [-0.1, -0.05) is 11.6 Å². The van der Waals surface area contributed by atoms with Crippen LogP contribution in [-0.2, 0) is 0 Å². The fourth-order valence-electron chi connectivity index (χ4n) is 1.52. The highest BCUT2D eigenvalue weighted by Gasteiger charge is 2.25. The van der Waals surface area contributed by atoms with E-state index in [0.29, 0.717) is 10.5 Å². The van der Waals surface area contributed by atoms with Crippen molar-refractivity contribution in [2.75, 3.05) is 0 Å². The van der Waals surface area contributed by atoms with E-state index in [4.69, 9.17) is 17.3 Å². The Morgan fingerprint density at radius 1 is 1.50 bits per heavy atom. The molecule has 2 aromatic rings. The Morgan fingerprint density at radius 3 is 2.75 bits per heavy atom. The molecule has 82 valence electrons. The topological polar surface area (TPSA) is 102 Å². The Balaban J connectivity index is 2.88. The molecule has 7 heteroatoms. The lowest BCUT2D eigenvalue weighted by Gasteiger charge is -1.91.